The van der Waals surface area contributed by atoms with Crippen LogP contribution in [0.25, 0.3) is 10.8 Å². The first-order valence-corrected chi connectivity index (χ1v) is 11.3. The van der Waals surface area contributed by atoms with E-state index in [1.165, 1.54) is 11.3 Å². The van der Waals surface area contributed by atoms with E-state index in [2.05, 4.69) is 5.10 Å². The zero-order chi connectivity index (χ0) is 20.5. The van der Waals surface area contributed by atoms with Gasteiger partial charge in [0.05, 0.1) is 16.6 Å². The highest BCUT2D eigenvalue weighted by atomic mass is 32.2. The smallest absolute Gasteiger partial charge is 0.387 e. The van der Waals surface area contributed by atoms with Crippen LogP contribution in [0, 0.1) is 0 Å². The van der Waals surface area contributed by atoms with Crippen LogP contribution in [-0.4, -0.2) is 21.4 Å². The largest absolute Gasteiger partial charge is 0.437 e. The second-order valence-electron chi connectivity index (χ2n) is 6.78. The predicted octanol–water partition coefficient (Wildman–Crippen LogP) is 4.45. The van der Waals surface area contributed by atoms with Gasteiger partial charge in [-0.3, -0.25) is 4.79 Å². The number of anilines is 1. The van der Waals surface area contributed by atoms with E-state index < -0.39 is 5.76 Å². The molecule has 2 aromatic heterocycles. The summed E-state index contributed by atoms with van der Waals surface area (Å²) in [5.41, 5.74) is 1.90. The lowest BCUT2D eigenvalue weighted by atomic mass is 10.1. The maximum absolute atomic E-state index is 13.4. The van der Waals surface area contributed by atoms with Crippen molar-refractivity contribution in [2.75, 3.05) is 10.7 Å². The summed E-state index contributed by atoms with van der Waals surface area (Å²) in [6.45, 7) is -0.184. The van der Waals surface area contributed by atoms with Crippen LogP contribution in [0.3, 0.4) is 0 Å². The number of carbonyl (C=O) groups is 1. The highest BCUT2D eigenvalue weighted by Gasteiger charge is 2.33. The summed E-state index contributed by atoms with van der Waals surface area (Å²) in [4.78, 5) is 29.3. The van der Waals surface area contributed by atoms with E-state index in [0.29, 0.717) is 0 Å². The summed E-state index contributed by atoms with van der Waals surface area (Å²) in [6, 6.07) is 21.3. The molecule has 1 aliphatic rings. The van der Waals surface area contributed by atoms with Gasteiger partial charge in [-0.2, -0.15) is 4.68 Å². The monoisotopic (exact) mass is 435 g/mol. The third-order valence-corrected chi connectivity index (χ3v) is 6.91. The fourth-order valence-corrected chi connectivity index (χ4v) is 5.34. The Hall–Kier alpha value is -3.10. The number of fused-ring (bicyclic) bond motifs is 1. The van der Waals surface area contributed by atoms with Crippen molar-refractivity contribution in [3.05, 3.63) is 88.2 Å². The maximum Gasteiger partial charge on any atom is 0.437 e. The zero-order valence-corrected chi connectivity index (χ0v) is 17.4. The lowest BCUT2D eigenvalue weighted by Crippen LogP contribution is -2.41. The Kier molecular flexibility index (Phi) is 5.02. The first-order valence-electron chi connectivity index (χ1n) is 9.41. The van der Waals surface area contributed by atoms with E-state index in [9.17, 15) is 9.59 Å². The van der Waals surface area contributed by atoms with Gasteiger partial charge in [0, 0.05) is 10.6 Å². The van der Waals surface area contributed by atoms with E-state index >= 15 is 0 Å². The van der Waals surface area contributed by atoms with Crippen molar-refractivity contribution in [1.82, 2.24) is 9.78 Å². The lowest BCUT2D eigenvalue weighted by molar-refractivity contribution is -0.119. The van der Waals surface area contributed by atoms with Crippen molar-refractivity contribution in [2.45, 2.75) is 17.5 Å². The molecule has 150 valence electrons. The predicted molar refractivity (Wildman–Crippen MR) is 118 cm³/mol. The number of rotatable bonds is 4. The molecule has 30 heavy (non-hydrogen) atoms. The molecule has 5 rings (SSSR count). The normalized spacial score (nSPS) is 15.7. The zero-order valence-electron chi connectivity index (χ0n) is 15.8. The number of aromatic nitrogens is 2. The van der Waals surface area contributed by atoms with Gasteiger partial charge >= 0.3 is 5.76 Å². The number of para-hydroxylation sites is 1. The van der Waals surface area contributed by atoms with Crippen LogP contribution in [0.1, 0.15) is 11.6 Å². The van der Waals surface area contributed by atoms with Crippen molar-refractivity contribution >= 4 is 34.7 Å². The summed E-state index contributed by atoms with van der Waals surface area (Å²) in [7, 11) is 0. The molecule has 4 aromatic rings. The number of hydrogen-bond acceptors (Lipinski definition) is 6. The van der Waals surface area contributed by atoms with E-state index in [4.69, 9.17) is 4.42 Å². The number of nitrogens with zero attached hydrogens (tertiary/aromatic N) is 3. The van der Waals surface area contributed by atoms with Crippen molar-refractivity contribution in [1.29, 1.82) is 0 Å². The molecule has 0 saturated heterocycles. The minimum Gasteiger partial charge on any atom is -0.387 e. The highest BCUT2D eigenvalue weighted by molar-refractivity contribution is 7.99. The minimum absolute atomic E-state index is 0.127. The highest BCUT2D eigenvalue weighted by Crippen LogP contribution is 2.43. The Morgan fingerprint density at radius 1 is 1.07 bits per heavy atom. The van der Waals surface area contributed by atoms with Crippen molar-refractivity contribution < 1.29 is 9.21 Å². The Bertz CT molecular complexity index is 1230. The van der Waals surface area contributed by atoms with Crippen molar-refractivity contribution in [3.8, 4) is 10.8 Å². The maximum atomic E-state index is 13.4. The van der Waals surface area contributed by atoms with Crippen LogP contribution in [0.5, 0.6) is 0 Å². The van der Waals surface area contributed by atoms with Crippen LogP contribution in [0.15, 0.2) is 86.2 Å². The minimum atomic E-state index is -0.636. The summed E-state index contributed by atoms with van der Waals surface area (Å²) in [5, 5.41) is 6.12. The number of carbonyl (C=O) groups excluding carboxylic acids is 1. The fraction of sp³-hybridized carbons (Fsp3) is 0.136. The first kappa shape index (κ1) is 18.9. The Labute approximate surface area is 180 Å². The van der Waals surface area contributed by atoms with Gasteiger partial charge in [0.15, 0.2) is 0 Å². The number of benzene rings is 2. The molecule has 2 aromatic carbocycles. The van der Waals surface area contributed by atoms with Gasteiger partial charge in [-0.05, 0) is 29.1 Å². The van der Waals surface area contributed by atoms with E-state index in [1.54, 1.807) is 16.7 Å². The molecule has 1 amide bonds. The average Bonchev–Trinajstić information content (AvgIpc) is 3.44. The molecule has 0 spiro atoms. The molecular formula is C22H17N3O3S2. The molecule has 6 nitrogen and oxygen atoms in total. The Morgan fingerprint density at radius 2 is 1.87 bits per heavy atom. The molecule has 3 heterocycles. The van der Waals surface area contributed by atoms with Gasteiger partial charge in [-0.25, -0.2) is 4.79 Å². The molecule has 0 radical (unpaired) electrons. The molecule has 0 N–H and O–H groups in total. The summed E-state index contributed by atoms with van der Waals surface area (Å²) in [5.74, 6) is 0.130. The fourth-order valence-electron chi connectivity index (χ4n) is 3.53. The molecule has 1 atom stereocenters. The summed E-state index contributed by atoms with van der Waals surface area (Å²) in [6.07, 6.45) is 0. The molecule has 1 aliphatic heterocycles. The van der Waals surface area contributed by atoms with Gasteiger partial charge in [-0.1, -0.05) is 48.5 Å². The number of thiophene rings is 1. The molecule has 0 unspecified atom stereocenters. The van der Waals surface area contributed by atoms with Gasteiger partial charge in [-0.15, -0.1) is 28.2 Å². The van der Waals surface area contributed by atoms with Crippen molar-refractivity contribution in [3.63, 3.8) is 0 Å². The summed E-state index contributed by atoms with van der Waals surface area (Å²) < 4.78 is 6.36. The molecule has 0 bridgehead atoms. The molecule has 0 fully saturated rings. The van der Waals surface area contributed by atoms with E-state index in [1.807, 2.05) is 72.1 Å². The third kappa shape index (κ3) is 3.48. The number of thioether (sulfide) groups is 1. The number of amides is 1. The van der Waals surface area contributed by atoms with Gasteiger partial charge < -0.3 is 9.32 Å². The first-order chi connectivity index (χ1) is 14.7. The van der Waals surface area contributed by atoms with Crippen molar-refractivity contribution in [2.24, 2.45) is 0 Å². The van der Waals surface area contributed by atoms with Gasteiger partial charge in [0.2, 0.25) is 5.91 Å². The molecule has 0 aliphatic carbocycles. The van der Waals surface area contributed by atoms with Crippen LogP contribution >= 0.6 is 23.1 Å². The molecular weight excluding hydrogens is 418 g/mol. The number of hydrogen-bond donors (Lipinski definition) is 0. The van der Waals surface area contributed by atoms with Crippen LogP contribution < -0.4 is 10.7 Å². The topological polar surface area (TPSA) is 68.3 Å². The van der Waals surface area contributed by atoms with Gasteiger partial charge in [0.1, 0.15) is 6.54 Å². The second-order valence-corrected chi connectivity index (χ2v) is 8.79. The van der Waals surface area contributed by atoms with E-state index in [0.717, 1.165) is 31.5 Å². The van der Waals surface area contributed by atoms with Crippen LogP contribution in [-0.2, 0) is 11.3 Å². The van der Waals surface area contributed by atoms with Crippen LogP contribution in [0.4, 0.5) is 5.69 Å². The van der Waals surface area contributed by atoms with Crippen LogP contribution in [0.2, 0.25) is 0 Å². The Morgan fingerprint density at radius 3 is 2.67 bits per heavy atom. The quantitative estimate of drug-likeness (QED) is 0.474. The second kappa shape index (κ2) is 7.97. The summed E-state index contributed by atoms with van der Waals surface area (Å²) >= 11 is 3.16. The van der Waals surface area contributed by atoms with E-state index in [-0.39, 0.29) is 24.4 Å². The average molecular weight is 436 g/mol. The van der Waals surface area contributed by atoms with Gasteiger partial charge in [0.25, 0.3) is 5.89 Å². The molecule has 8 heteroatoms. The molecule has 0 saturated carbocycles. The Balaban J connectivity index is 1.50. The lowest BCUT2D eigenvalue weighted by Gasteiger charge is -2.37. The standard InChI is InChI=1S/C22H17N3O3S2/c26-20(13-24-22(27)28-21(23-24)19-11-6-12-29-19)25-16-9-4-5-10-18(16)30-14-17(25)15-7-2-1-3-8-15/h1-12,17H,13-14H2/t17-/m1/s1. The third-order valence-electron chi connectivity index (χ3n) is 4.91. The SMILES string of the molecule is O=C(Cn1nc(-c2cccs2)oc1=O)N1c2ccccc2SC[C@@H]1c1ccccc1.